The first-order valence-electron chi connectivity index (χ1n) is 8.29. The van der Waals surface area contributed by atoms with Crippen LogP contribution in [0.3, 0.4) is 0 Å². The van der Waals surface area contributed by atoms with E-state index in [4.69, 9.17) is 0 Å². The molecular formula is C20H16N2O6. The van der Waals surface area contributed by atoms with Crippen LogP contribution in [0.1, 0.15) is 24.0 Å². The number of nitrogens with one attached hydrogen (secondary N) is 1. The Morgan fingerprint density at radius 3 is 2.21 bits per heavy atom. The van der Waals surface area contributed by atoms with E-state index in [1.54, 1.807) is 30.3 Å². The molecular weight excluding hydrogens is 364 g/mol. The van der Waals surface area contributed by atoms with Gasteiger partial charge in [0.25, 0.3) is 5.69 Å². The van der Waals surface area contributed by atoms with Gasteiger partial charge in [0.05, 0.1) is 27.7 Å². The minimum atomic E-state index is -1.31. The van der Waals surface area contributed by atoms with Gasteiger partial charge in [0.2, 0.25) is 0 Å². The fraction of sp³-hybridized carbons (Fsp3) is 0.100. The van der Waals surface area contributed by atoms with Crippen molar-refractivity contribution in [2.75, 3.05) is 0 Å². The van der Waals surface area contributed by atoms with E-state index >= 15 is 0 Å². The predicted molar refractivity (Wildman–Crippen MR) is 100 cm³/mol. The number of carboxylic acid groups (broad SMARTS) is 2. The molecule has 1 atom stereocenters. The van der Waals surface area contributed by atoms with Gasteiger partial charge in [-0.1, -0.05) is 42.5 Å². The number of nitro groups is 1. The number of hydrogen-bond donors (Lipinski definition) is 3. The smallest absolute Gasteiger partial charge is 0.334 e. The van der Waals surface area contributed by atoms with Crippen LogP contribution in [-0.4, -0.2) is 27.1 Å². The molecule has 0 spiro atoms. The molecule has 1 aliphatic heterocycles. The van der Waals surface area contributed by atoms with E-state index in [1.165, 1.54) is 31.2 Å². The molecule has 0 fully saturated rings. The largest absolute Gasteiger partial charge is 0.478 e. The highest BCUT2D eigenvalue weighted by Crippen LogP contribution is 2.41. The van der Waals surface area contributed by atoms with Gasteiger partial charge >= 0.3 is 11.9 Å². The van der Waals surface area contributed by atoms with Crippen molar-refractivity contribution in [1.82, 2.24) is 5.32 Å². The van der Waals surface area contributed by atoms with Crippen LogP contribution >= 0.6 is 0 Å². The lowest BCUT2D eigenvalue weighted by molar-refractivity contribution is -0.384. The van der Waals surface area contributed by atoms with Crippen LogP contribution < -0.4 is 5.32 Å². The van der Waals surface area contributed by atoms with Crippen LogP contribution in [0.5, 0.6) is 0 Å². The van der Waals surface area contributed by atoms with Gasteiger partial charge in [-0.2, -0.15) is 0 Å². The molecule has 1 unspecified atom stereocenters. The van der Waals surface area contributed by atoms with Gasteiger partial charge in [-0.05, 0) is 18.1 Å². The number of dihydropyridines is 1. The molecule has 0 saturated carbocycles. The molecule has 0 aliphatic carbocycles. The summed E-state index contributed by atoms with van der Waals surface area (Å²) in [7, 11) is 0. The maximum atomic E-state index is 12.2. The molecule has 3 rings (SSSR count). The van der Waals surface area contributed by atoms with Gasteiger partial charge in [0.1, 0.15) is 0 Å². The van der Waals surface area contributed by atoms with Crippen molar-refractivity contribution >= 4 is 23.3 Å². The molecule has 0 aromatic heterocycles. The summed E-state index contributed by atoms with van der Waals surface area (Å²) in [5.41, 5.74) is 0.717. The molecule has 0 bridgehead atoms. The number of carboxylic acids is 2. The standard InChI is InChI=1S/C20H16N2O6/c1-11-15(19(23)24)16(13-8-5-9-14(10-13)22(27)28)17(20(25)26)18(21-11)12-6-3-2-4-7-12/h2-10,16,21H,1H3,(H,23,24)(H,25,26). The van der Waals surface area contributed by atoms with Crippen LogP contribution in [0, 0.1) is 10.1 Å². The monoisotopic (exact) mass is 380 g/mol. The number of nitrogens with zero attached hydrogens (tertiary/aromatic N) is 1. The molecule has 142 valence electrons. The highest BCUT2D eigenvalue weighted by Gasteiger charge is 2.38. The average Bonchev–Trinajstić information content (AvgIpc) is 2.67. The molecule has 1 heterocycles. The Morgan fingerprint density at radius 2 is 1.64 bits per heavy atom. The second kappa shape index (κ2) is 7.36. The van der Waals surface area contributed by atoms with Gasteiger partial charge < -0.3 is 15.5 Å². The SMILES string of the molecule is CC1=C(C(=O)O)C(c2cccc([N+](=O)[O-])c2)C(C(=O)O)=C(c2ccccc2)N1. The van der Waals surface area contributed by atoms with E-state index in [0.717, 1.165) is 0 Å². The van der Waals surface area contributed by atoms with Gasteiger partial charge in [-0.25, -0.2) is 9.59 Å². The Bertz CT molecular complexity index is 1040. The summed E-state index contributed by atoms with van der Waals surface area (Å²) in [6.07, 6.45) is 0. The highest BCUT2D eigenvalue weighted by atomic mass is 16.6. The molecule has 8 nitrogen and oxygen atoms in total. The Morgan fingerprint density at radius 1 is 1.00 bits per heavy atom. The molecule has 2 aromatic rings. The molecule has 0 radical (unpaired) electrons. The van der Waals surface area contributed by atoms with Crippen LogP contribution in [0.4, 0.5) is 5.69 Å². The summed E-state index contributed by atoms with van der Waals surface area (Å²) in [5, 5.41) is 33.7. The molecule has 0 amide bonds. The minimum Gasteiger partial charge on any atom is -0.478 e. The zero-order chi connectivity index (χ0) is 20.4. The normalized spacial score (nSPS) is 16.5. The van der Waals surface area contributed by atoms with Gasteiger partial charge in [-0.15, -0.1) is 0 Å². The molecule has 8 heteroatoms. The lowest BCUT2D eigenvalue weighted by Gasteiger charge is -2.30. The van der Waals surface area contributed by atoms with Gasteiger partial charge in [0, 0.05) is 17.8 Å². The van der Waals surface area contributed by atoms with E-state index < -0.39 is 22.8 Å². The van der Waals surface area contributed by atoms with E-state index in [9.17, 15) is 29.9 Å². The second-order valence-electron chi connectivity index (χ2n) is 6.21. The third kappa shape index (κ3) is 3.35. The number of carbonyl (C=O) groups is 2. The minimum absolute atomic E-state index is 0.169. The Balaban J connectivity index is 2.31. The Labute approximate surface area is 159 Å². The lowest BCUT2D eigenvalue weighted by Crippen LogP contribution is -2.31. The van der Waals surface area contributed by atoms with Crippen molar-refractivity contribution in [2.45, 2.75) is 12.8 Å². The number of non-ortho nitro benzene ring substituents is 1. The molecule has 28 heavy (non-hydrogen) atoms. The predicted octanol–water partition coefficient (Wildman–Crippen LogP) is 3.14. The summed E-state index contributed by atoms with van der Waals surface area (Å²) in [6, 6.07) is 14.0. The maximum absolute atomic E-state index is 12.2. The van der Waals surface area contributed by atoms with Crippen molar-refractivity contribution in [3.63, 3.8) is 0 Å². The number of allylic oxidation sites excluding steroid dienone is 1. The number of hydrogen-bond acceptors (Lipinski definition) is 5. The number of benzene rings is 2. The zero-order valence-corrected chi connectivity index (χ0v) is 14.7. The summed E-state index contributed by atoms with van der Waals surface area (Å²) in [5.74, 6) is -3.78. The first-order chi connectivity index (χ1) is 13.3. The van der Waals surface area contributed by atoms with Crippen molar-refractivity contribution in [1.29, 1.82) is 0 Å². The van der Waals surface area contributed by atoms with Crippen molar-refractivity contribution < 1.29 is 24.7 Å². The lowest BCUT2D eigenvalue weighted by atomic mass is 9.79. The van der Waals surface area contributed by atoms with Crippen molar-refractivity contribution in [3.8, 4) is 0 Å². The third-order valence-electron chi connectivity index (χ3n) is 4.50. The van der Waals surface area contributed by atoms with Gasteiger partial charge in [-0.3, -0.25) is 10.1 Å². The second-order valence-corrected chi connectivity index (χ2v) is 6.21. The third-order valence-corrected chi connectivity index (χ3v) is 4.50. The van der Waals surface area contributed by atoms with E-state index in [1.807, 2.05) is 0 Å². The number of rotatable bonds is 5. The van der Waals surface area contributed by atoms with Crippen molar-refractivity contribution in [2.24, 2.45) is 0 Å². The quantitative estimate of drug-likeness (QED) is 0.536. The topological polar surface area (TPSA) is 130 Å². The molecule has 3 N–H and O–H groups in total. The van der Waals surface area contributed by atoms with E-state index in [0.29, 0.717) is 5.56 Å². The van der Waals surface area contributed by atoms with E-state index in [-0.39, 0.29) is 33.8 Å². The summed E-state index contributed by atoms with van der Waals surface area (Å²) in [6.45, 7) is 1.54. The number of aliphatic carboxylic acids is 2. The van der Waals surface area contributed by atoms with Crippen LogP contribution in [0.25, 0.3) is 5.70 Å². The molecule has 0 saturated heterocycles. The van der Waals surface area contributed by atoms with Crippen LogP contribution in [0.2, 0.25) is 0 Å². The first kappa shape index (κ1) is 18.8. The van der Waals surface area contributed by atoms with Crippen LogP contribution in [-0.2, 0) is 9.59 Å². The average molecular weight is 380 g/mol. The summed E-state index contributed by atoms with van der Waals surface area (Å²) < 4.78 is 0. The van der Waals surface area contributed by atoms with Gasteiger partial charge in [0.15, 0.2) is 0 Å². The highest BCUT2D eigenvalue weighted by molar-refractivity contribution is 6.04. The summed E-state index contributed by atoms with van der Waals surface area (Å²) >= 11 is 0. The maximum Gasteiger partial charge on any atom is 0.334 e. The van der Waals surface area contributed by atoms with E-state index in [2.05, 4.69) is 5.32 Å². The zero-order valence-electron chi connectivity index (χ0n) is 14.7. The number of nitro benzene ring substituents is 1. The fourth-order valence-electron chi connectivity index (χ4n) is 3.33. The Kier molecular flexibility index (Phi) is 4.95. The molecule has 2 aromatic carbocycles. The Hall–Kier alpha value is -3.94. The van der Waals surface area contributed by atoms with Crippen molar-refractivity contribution in [3.05, 3.63) is 92.7 Å². The van der Waals surface area contributed by atoms with Crippen LogP contribution in [0.15, 0.2) is 71.4 Å². The molecule has 1 aliphatic rings. The first-order valence-corrected chi connectivity index (χ1v) is 8.29. The fourth-order valence-corrected chi connectivity index (χ4v) is 3.33. The summed E-state index contributed by atoms with van der Waals surface area (Å²) in [4.78, 5) is 34.6.